The van der Waals surface area contributed by atoms with Gasteiger partial charge >= 0.3 is 0 Å². The number of hydrogen-bond donors (Lipinski definition) is 3. The van der Waals surface area contributed by atoms with Gasteiger partial charge in [0.05, 0.1) is 5.69 Å². The Hall–Kier alpha value is -5.60. The van der Waals surface area contributed by atoms with Crippen molar-refractivity contribution in [2.75, 3.05) is 36.6 Å². The second-order valence-electron chi connectivity index (χ2n) is 10.1. The second kappa shape index (κ2) is 13.8. The van der Waals surface area contributed by atoms with Crippen LogP contribution in [0.3, 0.4) is 0 Å². The molecule has 8 nitrogen and oxygen atoms in total. The standard InChI is InChI=1S/C35H32N6O2/c1-41(2)21-7-12-34(42)39-29-19-17-28(18-20-29)35(43)40-31-11-6-10-30(22-31)38-33-23-32(36-24-37-33)27-15-13-26(14-16-27)25-8-4-3-5-9-25/h3-20,22-24H,21H2,1-2H3,(H,39,42)(H,40,43)(H,36,37,38)/b12-7+. The largest absolute Gasteiger partial charge is 0.340 e. The fourth-order valence-electron chi connectivity index (χ4n) is 4.33. The molecule has 1 heterocycles. The van der Waals surface area contributed by atoms with Crippen LogP contribution in [-0.4, -0.2) is 47.3 Å². The van der Waals surface area contributed by atoms with E-state index >= 15 is 0 Å². The van der Waals surface area contributed by atoms with Crippen molar-refractivity contribution in [1.29, 1.82) is 0 Å². The van der Waals surface area contributed by atoms with Crippen molar-refractivity contribution < 1.29 is 9.59 Å². The zero-order chi connectivity index (χ0) is 30.0. The molecule has 0 radical (unpaired) electrons. The molecule has 0 bridgehead atoms. The zero-order valence-electron chi connectivity index (χ0n) is 24.0. The molecule has 5 rings (SSSR count). The van der Waals surface area contributed by atoms with Gasteiger partial charge in [-0.05, 0) is 67.7 Å². The molecule has 8 heteroatoms. The minimum Gasteiger partial charge on any atom is -0.340 e. The van der Waals surface area contributed by atoms with Gasteiger partial charge in [-0.2, -0.15) is 0 Å². The SMILES string of the molecule is CN(C)C/C=C/C(=O)Nc1ccc(C(=O)Nc2cccc(Nc3cc(-c4ccc(-c5ccccc5)cc4)ncn3)c2)cc1. The number of hydrogen-bond acceptors (Lipinski definition) is 6. The molecular formula is C35H32N6O2. The van der Waals surface area contributed by atoms with Crippen LogP contribution in [0.2, 0.25) is 0 Å². The van der Waals surface area contributed by atoms with Crippen LogP contribution in [0.5, 0.6) is 0 Å². The van der Waals surface area contributed by atoms with Gasteiger partial charge in [0.15, 0.2) is 0 Å². The smallest absolute Gasteiger partial charge is 0.255 e. The third kappa shape index (κ3) is 8.22. The third-order valence-corrected chi connectivity index (χ3v) is 6.50. The highest BCUT2D eigenvalue weighted by Gasteiger charge is 2.09. The predicted molar refractivity (Wildman–Crippen MR) is 173 cm³/mol. The van der Waals surface area contributed by atoms with Gasteiger partial charge in [-0.15, -0.1) is 0 Å². The van der Waals surface area contributed by atoms with Crippen LogP contribution < -0.4 is 16.0 Å². The van der Waals surface area contributed by atoms with E-state index < -0.39 is 0 Å². The van der Waals surface area contributed by atoms with Crippen molar-refractivity contribution >= 4 is 34.7 Å². The number of amides is 2. The van der Waals surface area contributed by atoms with Crippen molar-refractivity contribution in [3.8, 4) is 22.4 Å². The van der Waals surface area contributed by atoms with E-state index in [0.29, 0.717) is 29.3 Å². The molecule has 0 unspecified atom stereocenters. The number of nitrogens with zero attached hydrogens (tertiary/aromatic N) is 3. The summed E-state index contributed by atoms with van der Waals surface area (Å²) in [5, 5.41) is 9.02. The summed E-state index contributed by atoms with van der Waals surface area (Å²) in [7, 11) is 3.86. The van der Waals surface area contributed by atoms with Gasteiger partial charge in [0.1, 0.15) is 12.1 Å². The minimum atomic E-state index is -0.260. The van der Waals surface area contributed by atoms with Gasteiger partial charge in [0.25, 0.3) is 5.91 Å². The number of carbonyl (C=O) groups excluding carboxylic acids is 2. The predicted octanol–water partition coefficient (Wildman–Crippen LogP) is 6.86. The monoisotopic (exact) mass is 568 g/mol. The number of aromatic nitrogens is 2. The summed E-state index contributed by atoms with van der Waals surface area (Å²) in [5.74, 6) is 0.152. The fraction of sp³-hybridized carbons (Fsp3) is 0.0857. The first-order valence-electron chi connectivity index (χ1n) is 13.8. The number of nitrogens with one attached hydrogen (secondary N) is 3. The first-order valence-corrected chi connectivity index (χ1v) is 13.8. The average molecular weight is 569 g/mol. The molecule has 3 N–H and O–H groups in total. The molecule has 0 spiro atoms. The highest BCUT2D eigenvalue weighted by Crippen LogP contribution is 2.26. The van der Waals surface area contributed by atoms with Gasteiger partial charge < -0.3 is 20.9 Å². The summed E-state index contributed by atoms with van der Waals surface area (Å²) < 4.78 is 0. The lowest BCUT2D eigenvalue weighted by Crippen LogP contribution is -2.13. The molecule has 0 fully saturated rings. The van der Waals surface area contributed by atoms with Gasteiger partial charge in [0.2, 0.25) is 5.91 Å². The lowest BCUT2D eigenvalue weighted by atomic mass is 10.0. The summed E-state index contributed by atoms with van der Waals surface area (Å²) in [6.07, 6.45) is 4.81. The van der Waals surface area contributed by atoms with Crippen molar-refractivity contribution in [3.63, 3.8) is 0 Å². The van der Waals surface area contributed by atoms with Crippen molar-refractivity contribution in [2.24, 2.45) is 0 Å². The Balaban J connectivity index is 1.20. The van der Waals surface area contributed by atoms with Crippen LogP contribution in [0.1, 0.15) is 10.4 Å². The van der Waals surface area contributed by atoms with Crippen LogP contribution in [0.15, 0.2) is 128 Å². The summed E-state index contributed by atoms with van der Waals surface area (Å²) in [5.41, 5.74) is 6.56. The van der Waals surface area contributed by atoms with E-state index in [2.05, 4.69) is 62.3 Å². The van der Waals surface area contributed by atoms with Gasteiger partial charge in [-0.1, -0.05) is 66.7 Å². The van der Waals surface area contributed by atoms with Gasteiger partial charge in [0, 0.05) is 46.9 Å². The van der Waals surface area contributed by atoms with E-state index in [1.54, 1.807) is 30.3 Å². The Kier molecular flexibility index (Phi) is 9.31. The quantitative estimate of drug-likeness (QED) is 0.159. The molecule has 0 saturated heterocycles. The maximum atomic E-state index is 12.9. The normalized spacial score (nSPS) is 11.0. The molecule has 5 aromatic rings. The first kappa shape index (κ1) is 28.9. The van der Waals surface area contributed by atoms with Gasteiger partial charge in [-0.3, -0.25) is 9.59 Å². The summed E-state index contributed by atoms with van der Waals surface area (Å²) in [4.78, 5) is 35.7. The van der Waals surface area contributed by atoms with Crippen LogP contribution in [0, 0.1) is 0 Å². The van der Waals surface area contributed by atoms with Crippen molar-refractivity contribution in [3.05, 3.63) is 133 Å². The van der Waals surface area contributed by atoms with Crippen molar-refractivity contribution in [2.45, 2.75) is 0 Å². The average Bonchev–Trinajstić information content (AvgIpc) is 3.02. The molecular weight excluding hydrogens is 536 g/mol. The van der Waals surface area contributed by atoms with E-state index in [1.165, 1.54) is 12.4 Å². The summed E-state index contributed by atoms with van der Waals surface area (Å²) in [6, 6.07) is 34.5. The fourth-order valence-corrected chi connectivity index (χ4v) is 4.33. The highest BCUT2D eigenvalue weighted by atomic mass is 16.2. The maximum Gasteiger partial charge on any atom is 0.255 e. The highest BCUT2D eigenvalue weighted by molar-refractivity contribution is 6.05. The zero-order valence-corrected chi connectivity index (χ0v) is 24.0. The Morgan fingerprint density at radius 3 is 2.14 bits per heavy atom. The second-order valence-corrected chi connectivity index (χ2v) is 10.1. The molecule has 0 atom stereocenters. The summed E-state index contributed by atoms with van der Waals surface area (Å²) >= 11 is 0. The molecule has 0 aliphatic carbocycles. The topological polar surface area (TPSA) is 99.2 Å². The lowest BCUT2D eigenvalue weighted by Gasteiger charge is -2.11. The van der Waals surface area contributed by atoms with Crippen LogP contribution in [0.25, 0.3) is 22.4 Å². The van der Waals surface area contributed by atoms with Crippen LogP contribution in [0.4, 0.5) is 22.9 Å². The molecule has 214 valence electrons. The Morgan fingerprint density at radius 2 is 1.40 bits per heavy atom. The molecule has 43 heavy (non-hydrogen) atoms. The molecule has 0 aliphatic heterocycles. The number of anilines is 4. The summed E-state index contributed by atoms with van der Waals surface area (Å²) in [6.45, 7) is 0.674. The van der Waals surface area contributed by atoms with Gasteiger partial charge in [-0.25, -0.2) is 9.97 Å². The maximum absolute atomic E-state index is 12.9. The molecule has 4 aromatic carbocycles. The van der Waals surface area contributed by atoms with E-state index in [9.17, 15) is 9.59 Å². The number of rotatable bonds is 10. The lowest BCUT2D eigenvalue weighted by molar-refractivity contribution is -0.111. The van der Waals surface area contributed by atoms with E-state index in [-0.39, 0.29) is 11.8 Å². The first-order chi connectivity index (χ1) is 20.9. The number of carbonyl (C=O) groups is 2. The molecule has 0 saturated carbocycles. The Bertz CT molecular complexity index is 1720. The van der Waals surface area contributed by atoms with Crippen molar-refractivity contribution in [1.82, 2.24) is 14.9 Å². The molecule has 0 aliphatic rings. The van der Waals surface area contributed by atoms with Crippen LogP contribution >= 0.6 is 0 Å². The third-order valence-electron chi connectivity index (χ3n) is 6.50. The number of likely N-dealkylation sites (N-methyl/N-ethyl adjacent to an activating group) is 1. The molecule has 2 amide bonds. The number of benzene rings is 4. The van der Waals surface area contributed by atoms with Crippen LogP contribution in [-0.2, 0) is 4.79 Å². The minimum absolute atomic E-state index is 0.222. The van der Waals surface area contributed by atoms with E-state index in [4.69, 9.17) is 0 Å². The Labute approximate surface area is 251 Å². The van der Waals surface area contributed by atoms with E-state index in [1.807, 2.05) is 67.5 Å². The Morgan fingerprint density at radius 1 is 0.698 bits per heavy atom. The van der Waals surface area contributed by atoms with E-state index in [0.717, 1.165) is 28.1 Å². The molecule has 1 aromatic heterocycles.